The van der Waals surface area contributed by atoms with E-state index in [4.69, 9.17) is 23.2 Å². The van der Waals surface area contributed by atoms with E-state index in [-0.39, 0.29) is 11.9 Å². The molecule has 0 aliphatic rings. The number of rotatable bonds is 5. The van der Waals surface area contributed by atoms with Gasteiger partial charge in [-0.05, 0) is 47.1 Å². The Morgan fingerprint density at radius 1 is 1.27 bits per heavy atom. The zero-order chi connectivity index (χ0) is 16.1. The number of para-hydroxylation sites is 1. The molecule has 0 fully saturated rings. The van der Waals surface area contributed by atoms with Crippen LogP contribution in [-0.4, -0.2) is 12.5 Å². The molecule has 0 unspecified atom stereocenters. The summed E-state index contributed by atoms with van der Waals surface area (Å²) in [6, 6.07) is 13.0. The van der Waals surface area contributed by atoms with Crippen LogP contribution in [0.4, 0.5) is 5.69 Å². The van der Waals surface area contributed by atoms with E-state index in [1.165, 1.54) is 0 Å². The second kappa shape index (κ2) is 7.97. The highest BCUT2D eigenvalue weighted by Crippen LogP contribution is 2.24. The number of quaternary nitrogens is 1. The first-order valence-corrected chi connectivity index (χ1v) is 8.35. The molecular formula is C16H16BrCl2N2O+. The lowest BCUT2D eigenvalue weighted by Crippen LogP contribution is -2.86. The van der Waals surface area contributed by atoms with Crippen molar-refractivity contribution in [3.8, 4) is 0 Å². The summed E-state index contributed by atoms with van der Waals surface area (Å²) in [5.74, 6) is -0.0659. The number of anilines is 1. The van der Waals surface area contributed by atoms with Gasteiger partial charge < -0.3 is 10.6 Å². The van der Waals surface area contributed by atoms with Crippen molar-refractivity contribution < 1.29 is 10.1 Å². The van der Waals surface area contributed by atoms with E-state index in [0.717, 1.165) is 15.7 Å². The normalized spacial score (nSPS) is 12.0. The standard InChI is InChI=1S/C16H15BrCl2N2O/c1-10(12-7-6-11(18)8-14(12)19)20-9-16(22)21-15-5-3-2-4-13(15)17/h2-8,10,20H,9H2,1H3,(H,21,22)/p+1/t10-/m1/s1. The van der Waals surface area contributed by atoms with E-state index >= 15 is 0 Å². The lowest BCUT2D eigenvalue weighted by molar-refractivity contribution is -0.682. The maximum atomic E-state index is 12.0. The number of hydrogen-bond donors (Lipinski definition) is 2. The highest BCUT2D eigenvalue weighted by atomic mass is 79.9. The molecule has 0 saturated carbocycles. The first-order valence-electron chi connectivity index (χ1n) is 6.80. The Morgan fingerprint density at radius 2 is 2.00 bits per heavy atom. The molecule has 0 aliphatic heterocycles. The molecule has 0 aromatic heterocycles. The van der Waals surface area contributed by atoms with Gasteiger partial charge in [0.15, 0.2) is 6.54 Å². The van der Waals surface area contributed by atoms with Gasteiger partial charge in [-0.15, -0.1) is 0 Å². The fourth-order valence-electron chi connectivity index (χ4n) is 2.05. The number of hydrogen-bond acceptors (Lipinski definition) is 1. The summed E-state index contributed by atoms with van der Waals surface area (Å²) in [6.07, 6.45) is 0. The highest BCUT2D eigenvalue weighted by Gasteiger charge is 2.15. The van der Waals surface area contributed by atoms with Crippen molar-refractivity contribution >= 4 is 50.7 Å². The largest absolute Gasteiger partial charge is 0.332 e. The average molecular weight is 403 g/mol. The Morgan fingerprint density at radius 3 is 2.68 bits per heavy atom. The van der Waals surface area contributed by atoms with Crippen LogP contribution in [0.2, 0.25) is 10.0 Å². The van der Waals surface area contributed by atoms with Gasteiger partial charge in [-0.25, -0.2) is 0 Å². The predicted molar refractivity (Wildman–Crippen MR) is 94.4 cm³/mol. The van der Waals surface area contributed by atoms with Gasteiger partial charge >= 0.3 is 0 Å². The summed E-state index contributed by atoms with van der Waals surface area (Å²) >= 11 is 15.5. The highest BCUT2D eigenvalue weighted by molar-refractivity contribution is 9.10. The van der Waals surface area contributed by atoms with E-state index in [2.05, 4.69) is 21.2 Å². The topological polar surface area (TPSA) is 45.7 Å². The molecule has 1 amide bonds. The zero-order valence-electron chi connectivity index (χ0n) is 11.9. The molecule has 0 aliphatic carbocycles. The molecule has 2 aromatic carbocycles. The van der Waals surface area contributed by atoms with Gasteiger partial charge in [0, 0.05) is 15.1 Å². The van der Waals surface area contributed by atoms with Gasteiger partial charge in [-0.3, -0.25) is 4.79 Å². The van der Waals surface area contributed by atoms with Crippen molar-refractivity contribution in [2.24, 2.45) is 0 Å². The third-order valence-corrected chi connectivity index (χ3v) is 4.51. The molecule has 116 valence electrons. The van der Waals surface area contributed by atoms with Gasteiger partial charge in [0.2, 0.25) is 0 Å². The van der Waals surface area contributed by atoms with Crippen molar-refractivity contribution in [2.75, 3.05) is 11.9 Å². The molecule has 0 spiro atoms. The number of benzene rings is 2. The number of nitrogens with one attached hydrogen (secondary N) is 1. The fourth-order valence-corrected chi connectivity index (χ4v) is 3.01. The van der Waals surface area contributed by atoms with Gasteiger partial charge in [0.1, 0.15) is 6.04 Å². The molecule has 0 saturated heterocycles. The van der Waals surface area contributed by atoms with Crippen LogP contribution in [0.15, 0.2) is 46.9 Å². The number of amides is 1. The number of carbonyl (C=O) groups is 1. The average Bonchev–Trinajstić information content (AvgIpc) is 2.47. The molecule has 6 heteroatoms. The Labute approximate surface area is 148 Å². The molecule has 22 heavy (non-hydrogen) atoms. The van der Waals surface area contributed by atoms with E-state index in [1.807, 2.05) is 42.6 Å². The van der Waals surface area contributed by atoms with Crippen LogP contribution in [0.3, 0.4) is 0 Å². The summed E-state index contributed by atoms with van der Waals surface area (Å²) in [5.41, 5.74) is 1.72. The van der Waals surface area contributed by atoms with Gasteiger partial charge in [0.25, 0.3) is 5.91 Å². The second-order valence-electron chi connectivity index (χ2n) is 4.92. The van der Waals surface area contributed by atoms with E-state index in [9.17, 15) is 4.79 Å². The van der Waals surface area contributed by atoms with Crippen LogP contribution in [0.25, 0.3) is 0 Å². The Hall–Kier alpha value is -1.07. The van der Waals surface area contributed by atoms with Crippen molar-refractivity contribution in [2.45, 2.75) is 13.0 Å². The number of carbonyl (C=O) groups excluding carboxylic acids is 1. The molecule has 3 N–H and O–H groups in total. The molecule has 1 atom stereocenters. The van der Waals surface area contributed by atoms with E-state index < -0.39 is 0 Å². The zero-order valence-corrected chi connectivity index (χ0v) is 15.0. The smallest absolute Gasteiger partial charge is 0.279 e. The van der Waals surface area contributed by atoms with Crippen LogP contribution < -0.4 is 10.6 Å². The summed E-state index contributed by atoms with van der Waals surface area (Å²) in [7, 11) is 0. The molecule has 2 rings (SSSR count). The lowest BCUT2D eigenvalue weighted by Gasteiger charge is -2.13. The van der Waals surface area contributed by atoms with Crippen LogP contribution in [-0.2, 0) is 4.79 Å². The van der Waals surface area contributed by atoms with Crippen molar-refractivity contribution in [1.29, 1.82) is 0 Å². The minimum atomic E-state index is -0.0659. The molecule has 2 aromatic rings. The van der Waals surface area contributed by atoms with E-state index in [0.29, 0.717) is 16.6 Å². The monoisotopic (exact) mass is 401 g/mol. The second-order valence-corrected chi connectivity index (χ2v) is 6.62. The number of halogens is 3. The molecule has 0 radical (unpaired) electrons. The third-order valence-electron chi connectivity index (χ3n) is 3.26. The predicted octanol–water partition coefficient (Wildman–Crippen LogP) is 4.02. The minimum Gasteiger partial charge on any atom is -0.332 e. The first-order chi connectivity index (χ1) is 10.5. The van der Waals surface area contributed by atoms with Crippen molar-refractivity contribution in [1.82, 2.24) is 0 Å². The van der Waals surface area contributed by atoms with Gasteiger partial charge in [-0.2, -0.15) is 0 Å². The fraction of sp³-hybridized carbons (Fsp3) is 0.188. The number of nitrogens with two attached hydrogens (primary N) is 1. The van der Waals surface area contributed by atoms with Crippen LogP contribution in [0, 0.1) is 0 Å². The first kappa shape index (κ1) is 17.3. The summed E-state index contributed by atoms with van der Waals surface area (Å²) in [4.78, 5) is 12.0. The molecule has 3 nitrogen and oxygen atoms in total. The minimum absolute atomic E-state index is 0.0646. The molecule has 0 heterocycles. The summed E-state index contributed by atoms with van der Waals surface area (Å²) in [5, 5.41) is 6.02. The Balaban J connectivity index is 1.92. The summed E-state index contributed by atoms with van der Waals surface area (Å²) in [6.45, 7) is 2.31. The van der Waals surface area contributed by atoms with Crippen LogP contribution >= 0.6 is 39.1 Å². The van der Waals surface area contributed by atoms with Crippen LogP contribution in [0.5, 0.6) is 0 Å². The van der Waals surface area contributed by atoms with Crippen molar-refractivity contribution in [3.05, 3.63) is 62.5 Å². The Bertz CT molecular complexity index is 679. The van der Waals surface area contributed by atoms with Crippen molar-refractivity contribution in [3.63, 3.8) is 0 Å². The maximum absolute atomic E-state index is 12.0. The SMILES string of the molecule is C[C@@H]([NH2+]CC(=O)Nc1ccccc1Br)c1ccc(Cl)cc1Cl. The lowest BCUT2D eigenvalue weighted by atomic mass is 10.1. The Kier molecular flexibility index (Phi) is 6.26. The van der Waals surface area contributed by atoms with Crippen LogP contribution in [0.1, 0.15) is 18.5 Å². The third kappa shape index (κ3) is 4.71. The maximum Gasteiger partial charge on any atom is 0.279 e. The molecular weight excluding hydrogens is 387 g/mol. The van der Waals surface area contributed by atoms with Gasteiger partial charge in [0.05, 0.1) is 10.7 Å². The quantitative estimate of drug-likeness (QED) is 0.779. The van der Waals surface area contributed by atoms with E-state index in [1.54, 1.807) is 12.1 Å². The summed E-state index contributed by atoms with van der Waals surface area (Å²) < 4.78 is 0.858. The van der Waals surface area contributed by atoms with Gasteiger partial charge in [-0.1, -0.05) is 41.4 Å². The molecule has 0 bridgehead atoms.